The monoisotopic (exact) mass is 847 g/mol. The highest BCUT2D eigenvalue weighted by Crippen LogP contribution is 2.22. The molecule has 60 heavy (non-hydrogen) atoms. The Kier molecular flexibility index (Phi) is 29.4. The first-order chi connectivity index (χ1) is 29.2. The zero-order chi connectivity index (χ0) is 43.8. The number of nitrogens with zero attached hydrogens (tertiary/aromatic N) is 2. The summed E-state index contributed by atoms with van der Waals surface area (Å²) < 4.78 is 0. The van der Waals surface area contributed by atoms with E-state index in [0.717, 1.165) is 51.4 Å². The van der Waals surface area contributed by atoms with E-state index in [4.69, 9.17) is 11.5 Å². The predicted molar refractivity (Wildman–Crippen MR) is 240 cm³/mol. The van der Waals surface area contributed by atoms with Crippen molar-refractivity contribution < 1.29 is 28.8 Å². The number of rotatable bonds is 35. The molecule has 2 aliphatic rings. The highest BCUT2D eigenvalue weighted by atomic mass is 16.2. The topological polar surface area (TPSA) is 209 Å². The minimum Gasteiger partial charge on any atom is -0.353 e. The molecule has 0 spiro atoms. The van der Waals surface area contributed by atoms with Gasteiger partial charge in [0.05, 0.1) is 0 Å². The van der Waals surface area contributed by atoms with Crippen molar-refractivity contribution in [3.8, 4) is 0 Å². The van der Waals surface area contributed by atoms with Crippen molar-refractivity contribution in [2.45, 2.75) is 218 Å². The molecular formula is C46H86N8O6. The lowest BCUT2D eigenvalue weighted by molar-refractivity contribution is -0.139. The zero-order valence-electron chi connectivity index (χ0n) is 37.8. The van der Waals surface area contributed by atoms with E-state index in [1.165, 1.54) is 103 Å². The maximum atomic E-state index is 13.2. The molecule has 4 unspecified atom stereocenters. The van der Waals surface area contributed by atoms with Crippen LogP contribution in [0.25, 0.3) is 0 Å². The first-order valence-corrected chi connectivity index (χ1v) is 24.3. The van der Waals surface area contributed by atoms with Crippen LogP contribution >= 0.6 is 0 Å². The molecule has 0 aromatic carbocycles. The molecule has 0 saturated carbocycles. The van der Waals surface area contributed by atoms with Crippen LogP contribution in [0, 0.1) is 0 Å². The van der Waals surface area contributed by atoms with Crippen molar-refractivity contribution in [1.29, 1.82) is 0 Å². The first kappa shape index (κ1) is 52.9. The molecule has 0 aromatic heterocycles. The van der Waals surface area contributed by atoms with Gasteiger partial charge in [-0.15, -0.1) is 0 Å². The van der Waals surface area contributed by atoms with E-state index >= 15 is 0 Å². The summed E-state index contributed by atoms with van der Waals surface area (Å²) in [6, 6.07) is -3.25. The predicted octanol–water partition coefficient (Wildman–Crippen LogP) is 5.49. The fraction of sp³-hybridized carbons (Fsp3) is 0.870. The Morgan fingerprint density at radius 2 is 0.783 bits per heavy atom. The number of nitrogens with one attached hydrogen (secondary N) is 4. The first-order valence-electron chi connectivity index (χ1n) is 24.3. The molecular weight excluding hydrogens is 761 g/mol. The minimum absolute atomic E-state index is 0.0242. The SMILES string of the molecule is CCCCCCCCCCCCCC(=O)N1CCCC1C(=O)NC(CN)C(=O)NCCNC(=O)C(CN)NC(=O)C1CCCN1C(=O)CCCCCCCCCCCCC. The average Bonchev–Trinajstić information content (AvgIpc) is 3.96. The second kappa shape index (κ2) is 33.4. The highest BCUT2D eigenvalue weighted by molar-refractivity contribution is 5.93. The number of hydrogen-bond donors (Lipinski definition) is 6. The molecule has 2 heterocycles. The van der Waals surface area contributed by atoms with Gasteiger partial charge in [-0.05, 0) is 38.5 Å². The Labute approximate surface area is 363 Å². The van der Waals surface area contributed by atoms with Gasteiger partial charge in [0.2, 0.25) is 35.4 Å². The van der Waals surface area contributed by atoms with Crippen LogP contribution in [0.4, 0.5) is 0 Å². The summed E-state index contributed by atoms with van der Waals surface area (Å²) in [6.07, 6.45) is 29.8. The van der Waals surface area contributed by atoms with Crippen molar-refractivity contribution in [3.63, 3.8) is 0 Å². The third-order valence-electron chi connectivity index (χ3n) is 12.2. The molecule has 4 atom stereocenters. The normalized spacial score (nSPS) is 17.3. The van der Waals surface area contributed by atoms with Crippen molar-refractivity contribution in [3.05, 3.63) is 0 Å². The summed E-state index contributed by atoms with van der Waals surface area (Å²) in [7, 11) is 0. The van der Waals surface area contributed by atoms with Gasteiger partial charge in [0.15, 0.2) is 0 Å². The molecule has 346 valence electrons. The van der Waals surface area contributed by atoms with Crippen molar-refractivity contribution in [2.75, 3.05) is 39.3 Å². The van der Waals surface area contributed by atoms with Gasteiger partial charge in [0.1, 0.15) is 24.2 Å². The van der Waals surface area contributed by atoms with E-state index in [2.05, 4.69) is 35.1 Å². The summed E-state index contributed by atoms with van der Waals surface area (Å²) >= 11 is 0. The van der Waals surface area contributed by atoms with Crippen LogP contribution in [0.5, 0.6) is 0 Å². The fourth-order valence-corrected chi connectivity index (χ4v) is 8.46. The van der Waals surface area contributed by atoms with Crippen LogP contribution < -0.4 is 32.7 Å². The van der Waals surface area contributed by atoms with Crippen molar-refractivity contribution >= 4 is 35.4 Å². The lowest BCUT2D eigenvalue weighted by Crippen LogP contribution is -2.57. The molecule has 14 nitrogen and oxygen atoms in total. The second-order valence-electron chi connectivity index (χ2n) is 17.2. The van der Waals surface area contributed by atoms with Gasteiger partial charge >= 0.3 is 0 Å². The van der Waals surface area contributed by atoms with E-state index in [1.807, 2.05) is 0 Å². The molecule has 6 amide bonds. The minimum atomic E-state index is -1.000. The molecule has 14 heteroatoms. The Hall–Kier alpha value is -3.26. The molecule has 2 fully saturated rings. The summed E-state index contributed by atoms with van der Waals surface area (Å²) in [6.45, 7) is 5.35. The number of hydrogen-bond acceptors (Lipinski definition) is 8. The van der Waals surface area contributed by atoms with Gasteiger partial charge in [0.25, 0.3) is 0 Å². The molecule has 2 rings (SSSR count). The summed E-state index contributed by atoms with van der Waals surface area (Å²) in [5.41, 5.74) is 11.7. The van der Waals surface area contributed by atoms with E-state index in [9.17, 15) is 28.8 Å². The van der Waals surface area contributed by atoms with E-state index < -0.39 is 47.8 Å². The van der Waals surface area contributed by atoms with E-state index in [0.29, 0.717) is 38.8 Å². The number of unbranched alkanes of at least 4 members (excludes halogenated alkanes) is 20. The number of amides is 6. The Morgan fingerprint density at radius 1 is 0.483 bits per heavy atom. The number of carbonyl (C=O) groups excluding carboxylic acids is 6. The number of likely N-dealkylation sites (tertiary alicyclic amines) is 2. The molecule has 0 aromatic rings. The highest BCUT2D eigenvalue weighted by Gasteiger charge is 2.36. The quantitative estimate of drug-likeness (QED) is 0.0449. The Morgan fingerprint density at radius 3 is 1.08 bits per heavy atom. The van der Waals surface area contributed by atoms with Crippen molar-refractivity contribution in [2.24, 2.45) is 11.5 Å². The number of carbonyl (C=O) groups is 6. The molecule has 0 aliphatic carbocycles. The van der Waals surface area contributed by atoms with Gasteiger partial charge in [-0.2, -0.15) is 0 Å². The van der Waals surface area contributed by atoms with Crippen LogP contribution in [0.2, 0.25) is 0 Å². The lowest BCUT2D eigenvalue weighted by Gasteiger charge is -2.26. The Balaban J connectivity index is 1.65. The Bertz CT molecular complexity index is 1150. The standard InChI is InChI=1S/C46H86N8O6/c1-3-5-7-9-11-13-15-17-19-21-23-29-41(55)53-33-25-27-39(53)45(59)51-37(35-47)43(57)49-31-32-50-44(58)38(36-48)52-46(60)40-28-26-34-54(40)42(56)30-24-22-20-18-16-14-12-10-8-6-4-2/h37-40H,3-36,47-48H2,1-2H3,(H,49,57)(H,50,58)(H,51,59)(H,52,60). The average molecular weight is 847 g/mol. The van der Waals surface area contributed by atoms with Gasteiger partial charge in [-0.25, -0.2) is 0 Å². The second-order valence-corrected chi connectivity index (χ2v) is 17.2. The summed E-state index contributed by atoms with van der Waals surface area (Å²) in [4.78, 5) is 81.7. The van der Waals surface area contributed by atoms with Crippen LogP contribution in [0.1, 0.15) is 194 Å². The molecule has 2 saturated heterocycles. The van der Waals surface area contributed by atoms with Gasteiger partial charge in [-0.3, -0.25) is 28.8 Å². The van der Waals surface area contributed by atoms with Crippen molar-refractivity contribution in [1.82, 2.24) is 31.1 Å². The van der Waals surface area contributed by atoms with Crippen LogP contribution in [-0.2, 0) is 28.8 Å². The van der Waals surface area contributed by atoms with Gasteiger partial charge in [0, 0.05) is 52.1 Å². The largest absolute Gasteiger partial charge is 0.353 e. The van der Waals surface area contributed by atoms with E-state index in [1.54, 1.807) is 9.80 Å². The number of nitrogens with two attached hydrogens (primary N) is 2. The molecule has 2 aliphatic heterocycles. The smallest absolute Gasteiger partial charge is 0.243 e. The van der Waals surface area contributed by atoms with Crippen LogP contribution in [0.3, 0.4) is 0 Å². The van der Waals surface area contributed by atoms with E-state index in [-0.39, 0.29) is 38.0 Å². The lowest BCUT2D eigenvalue weighted by atomic mass is 10.0. The molecule has 0 radical (unpaired) electrons. The fourth-order valence-electron chi connectivity index (χ4n) is 8.46. The van der Waals surface area contributed by atoms with Gasteiger partial charge in [-0.1, -0.05) is 142 Å². The zero-order valence-corrected chi connectivity index (χ0v) is 37.8. The van der Waals surface area contributed by atoms with Crippen LogP contribution in [0.15, 0.2) is 0 Å². The maximum absolute atomic E-state index is 13.2. The summed E-state index contributed by atoms with van der Waals surface area (Å²) in [5, 5.41) is 10.8. The molecule has 8 N–H and O–H groups in total. The third kappa shape index (κ3) is 21.5. The summed E-state index contributed by atoms with van der Waals surface area (Å²) in [5.74, 6) is -1.83. The maximum Gasteiger partial charge on any atom is 0.243 e. The van der Waals surface area contributed by atoms with Gasteiger partial charge < -0.3 is 42.5 Å². The third-order valence-corrected chi connectivity index (χ3v) is 12.2. The molecule has 0 bridgehead atoms. The van der Waals surface area contributed by atoms with Crippen LogP contribution in [-0.4, -0.2) is 109 Å².